The summed E-state index contributed by atoms with van der Waals surface area (Å²) in [5, 5.41) is 28.6. The van der Waals surface area contributed by atoms with Gasteiger partial charge in [-0.2, -0.15) is 5.26 Å². The summed E-state index contributed by atoms with van der Waals surface area (Å²) in [5.74, 6) is -3.41. The molecule has 5 atom stereocenters. The van der Waals surface area contributed by atoms with Crippen LogP contribution in [-0.4, -0.2) is 37.7 Å². The van der Waals surface area contributed by atoms with Crippen molar-refractivity contribution in [2.75, 3.05) is 20.8 Å². The standard InChI is InChI=1S/C45H39NO6/c1-4-52-43(48)44(28-46)39(31-19-23-33(50-2)24-20-31)27-45(49,38-18-10-14-30-12-6-8-16-36(30)38)41(40(44)32-21-25-34(51-3)26-22-32)42(47)37-17-9-13-29-11-5-7-15-35(29)37/h5-26,39-41,49H,4,27H2,1-3H3. The van der Waals surface area contributed by atoms with Crippen LogP contribution in [0.15, 0.2) is 133 Å². The first-order valence-corrected chi connectivity index (χ1v) is 17.4. The average Bonchev–Trinajstić information content (AvgIpc) is 3.20. The maximum Gasteiger partial charge on any atom is 0.327 e. The van der Waals surface area contributed by atoms with Crippen molar-refractivity contribution in [3.05, 3.63) is 156 Å². The van der Waals surface area contributed by atoms with Gasteiger partial charge in [-0.15, -0.1) is 0 Å². The molecule has 0 amide bonds. The highest BCUT2D eigenvalue weighted by Crippen LogP contribution is 2.64. The minimum Gasteiger partial charge on any atom is -0.497 e. The highest BCUT2D eigenvalue weighted by atomic mass is 16.5. The molecule has 260 valence electrons. The zero-order chi connectivity index (χ0) is 36.5. The number of methoxy groups -OCH3 is 2. The minimum absolute atomic E-state index is 0.0163. The van der Waals surface area contributed by atoms with E-state index in [0.29, 0.717) is 39.1 Å². The van der Waals surface area contributed by atoms with E-state index >= 15 is 4.79 Å². The molecule has 7 rings (SSSR count). The molecule has 0 spiro atoms. The molecule has 7 heteroatoms. The molecule has 6 aromatic carbocycles. The number of carbonyl (C=O) groups excluding carboxylic acids is 2. The number of rotatable bonds is 9. The van der Waals surface area contributed by atoms with Crippen LogP contribution in [0, 0.1) is 22.7 Å². The highest BCUT2D eigenvalue weighted by molar-refractivity contribution is 6.10. The van der Waals surface area contributed by atoms with Gasteiger partial charge < -0.3 is 19.3 Å². The molecule has 1 saturated carbocycles. The Hall–Kier alpha value is -5.97. The van der Waals surface area contributed by atoms with Crippen molar-refractivity contribution < 1.29 is 28.9 Å². The zero-order valence-electron chi connectivity index (χ0n) is 29.3. The number of hydrogen-bond donors (Lipinski definition) is 1. The van der Waals surface area contributed by atoms with Gasteiger partial charge in [0.2, 0.25) is 0 Å². The molecule has 0 aromatic heterocycles. The van der Waals surface area contributed by atoms with Crippen molar-refractivity contribution in [1.29, 1.82) is 5.26 Å². The molecule has 1 aliphatic carbocycles. The number of ether oxygens (including phenoxy) is 3. The minimum atomic E-state index is -1.96. The van der Waals surface area contributed by atoms with Gasteiger partial charge in [0, 0.05) is 17.4 Å². The summed E-state index contributed by atoms with van der Waals surface area (Å²) in [5.41, 5.74) is -1.78. The van der Waals surface area contributed by atoms with E-state index in [4.69, 9.17) is 14.2 Å². The Bertz CT molecular complexity index is 2300. The number of benzene rings is 6. The Balaban J connectivity index is 1.61. The second-order valence-electron chi connectivity index (χ2n) is 13.3. The molecule has 0 aliphatic heterocycles. The fourth-order valence-corrected chi connectivity index (χ4v) is 8.41. The number of nitrogens with zero attached hydrogens (tertiary/aromatic N) is 1. The van der Waals surface area contributed by atoms with Gasteiger partial charge in [0.1, 0.15) is 17.1 Å². The maximum absolute atomic E-state index is 15.7. The SMILES string of the molecule is CCOC(=O)C1(C#N)C(c2ccc(OC)cc2)CC(O)(c2cccc3ccccc23)C(C(=O)c2cccc3ccccc23)C1c1ccc(OC)cc1. The monoisotopic (exact) mass is 689 g/mol. The van der Waals surface area contributed by atoms with Crippen LogP contribution in [0.25, 0.3) is 21.5 Å². The summed E-state index contributed by atoms with van der Waals surface area (Å²) in [6.07, 6.45) is -0.131. The Kier molecular flexibility index (Phi) is 9.27. The number of carbonyl (C=O) groups is 2. The Morgan fingerprint density at radius 1 is 0.731 bits per heavy atom. The van der Waals surface area contributed by atoms with Crippen molar-refractivity contribution in [1.82, 2.24) is 0 Å². The van der Waals surface area contributed by atoms with Gasteiger partial charge in [0.15, 0.2) is 11.2 Å². The van der Waals surface area contributed by atoms with Crippen LogP contribution >= 0.6 is 0 Å². The number of Topliss-reactive ketones (excluding diaryl/α,β-unsaturated/α-hetero) is 1. The van der Waals surface area contributed by atoms with Gasteiger partial charge in [0.05, 0.1) is 32.8 Å². The Labute approximate surface area is 303 Å². The van der Waals surface area contributed by atoms with E-state index in [1.165, 1.54) is 0 Å². The van der Waals surface area contributed by atoms with Crippen molar-refractivity contribution in [2.45, 2.75) is 30.8 Å². The van der Waals surface area contributed by atoms with Crippen LogP contribution in [-0.2, 0) is 15.1 Å². The first-order valence-electron chi connectivity index (χ1n) is 17.4. The molecule has 6 aromatic rings. The molecule has 52 heavy (non-hydrogen) atoms. The Morgan fingerprint density at radius 3 is 1.87 bits per heavy atom. The highest BCUT2D eigenvalue weighted by Gasteiger charge is 2.68. The fraction of sp³-hybridized carbons (Fsp3) is 0.222. The summed E-state index contributed by atoms with van der Waals surface area (Å²) < 4.78 is 16.8. The predicted octanol–water partition coefficient (Wildman–Crippen LogP) is 8.74. The van der Waals surface area contributed by atoms with Gasteiger partial charge in [-0.25, -0.2) is 0 Å². The van der Waals surface area contributed by atoms with Gasteiger partial charge in [-0.1, -0.05) is 109 Å². The fourth-order valence-electron chi connectivity index (χ4n) is 8.41. The Morgan fingerprint density at radius 2 is 1.27 bits per heavy atom. The largest absolute Gasteiger partial charge is 0.497 e. The van der Waals surface area contributed by atoms with Gasteiger partial charge in [-0.3, -0.25) is 9.59 Å². The van der Waals surface area contributed by atoms with Crippen molar-refractivity contribution in [3.63, 3.8) is 0 Å². The van der Waals surface area contributed by atoms with Crippen molar-refractivity contribution in [2.24, 2.45) is 11.3 Å². The van der Waals surface area contributed by atoms with Crippen LogP contribution in [0.3, 0.4) is 0 Å². The van der Waals surface area contributed by atoms with E-state index in [9.17, 15) is 15.2 Å². The lowest BCUT2D eigenvalue weighted by molar-refractivity contribution is -0.164. The van der Waals surface area contributed by atoms with Crippen LogP contribution in [0.5, 0.6) is 11.5 Å². The van der Waals surface area contributed by atoms with Crippen LogP contribution in [0.2, 0.25) is 0 Å². The molecule has 0 radical (unpaired) electrons. The third kappa shape index (κ3) is 5.57. The molecule has 1 N–H and O–H groups in total. The molecule has 1 fully saturated rings. The van der Waals surface area contributed by atoms with E-state index < -0.39 is 34.7 Å². The van der Waals surface area contributed by atoms with Crippen molar-refractivity contribution in [3.8, 4) is 17.6 Å². The number of fused-ring (bicyclic) bond motifs is 2. The zero-order valence-corrected chi connectivity index (χ0v) is 29.3. The number of ketones is 1. The molecule has 7 nitrogen and oxygen atoms in total. The second kappa shape index (κ2) is 14.0. The lowest BCUT2D eigenvalue weighted by Crippen LogP contribution is -2.59. The van der Waals surface area contributed by atoms with Crippen LogP contribution in [0.1, 0.15) is 52.2 Å². The molecule has 0 heterocycles. The number of esters is 1. The normalized spacial score (nSPS) is 22.7. The van der Waals surface area contributed by atoms with Crippen LogP contribution in [0.4, 0.5) is 0 Å². The molecule has 5 unspecified atom stereocenters. The number of hydrogen-bond acceptors (Lipinski definition) is 7. The molecular weight excluding hydrogens is 650 g/mol. The summed E-state index contributed by atoms with van der Waals surface area (Å²) in [6, 6.07) is 43.2. The number of aliphatic hydroxyl groups is 1. The first kappa shape index (κ1) is 34.5. The molecule has 0 saturated heterocycles. The number of nitriles is 1. The van der Waals surface area contributed by atoms with Crippen molar-refractivity contribution >= 4 is 33.3 Å². The average molecular weight is 690 g/mol. The summed E-state index contributed by atoms with van der Waals surface area (Å²) >= 11 is 0. The lowest BCUT2D eigenvalue weighted by Gasteiger charge is -2.54. The smallest absolute Gasteiger partial charge is 0.327 e. The third-order valence-corrected chi connectivity index (χ3v) is 10.8. The summed E-state index contributed by atoms with van der Waals surface area (Å²) in [7, 11) is 3.12. The van der Waals surface area contributed by atoms with E-state index in [1.54, 1.807) is 63.6 Å². The topological polar surface area (TPSA) is 106 Å². The second-order valence-corrected chi connectivity index (χ2v) is 13.3. The molecule has 0 bridgehead atoms. The van der Waals surface area contributed by atoms with E-state index in [1.807, 2.05) is 91.0 Å². The first-order chi connectivity index (χ1) is 25.3. The molecule has 1 aliphatic rings. The van der Waals surface area contributed by atoms with E-state index in [0.717, 1.165) is 16.2 Å². The summed E-state index contributed by atoms with van der Waals surface area (Å²) in [4.78, 5) is 30.4. The predicted molar refractivity (Wildman–Crippen MR) is 200 cm³/mol. The molecular formula is C45H39NO6. The third-order valence-electron chi connectivity index (χ3n) is 10.8. The van der Waals surface area contributed by atoms with Gasteiger partial charge in [0.25, 0.3) is 0 Å². The van der Waals surface area contributed by atoms with Gasteiger partial charge >= 0.3 is 5.97 Å². The summed E-state index contributed by atoms with van der Waals surface area (Å²) in [6.45, 7) is 1.71. The van der Waals surface area contributed by atoms with Crippen LogP contribution < -0.4 is 9.47 Å². The lowest BCUT2D eigenvalue weighted by atomic mass is 9.47. The maximum atomic E-state index is 15.7. The van der Waals surface area contributed by atoms with E-state index in [-0.39, 0.29) is 18.8 Å². The quantitative estimate of drug-likeness (QED) is 0.120. The van der Waals surface area contributed by atoms with Gasteiger partial charge in [-0.05, 0) is 75.8 Å². The van der Waals surface area contributed by atoms with E-state index in [2.05, 4.69) is 6.07 Å².